The lowest BCUT2D eigenvalue weighted by Crippen LogP contribution is -2.39. The van der Waals surface area contributed by atoms with Crippen LogP contribution in [0.15, 0.2) is 37.3 Å². The molecule has 3 aromatic heterocycles. The van der Waals surface area contributed by atoms with Gasteiger partial charge >= 0.3 is 0 Å². The molecular formula is C19H24N8O. The molecule has 9 heteroatoms. The molecule has 1 saturated heterocycles. The van der Waals surface area contributed by atoms with E-state index in [9.17, 15) is 4.79 Å². The Morgan fingerprint density at radius 2 is 2.32 bits per heavy atom. The molecule has 0 radical (unpaired) electrons. The number of piperidine rings is 1. The van der Waals surface area contributed by atoms with E-state index in [0.29, 0.717) is 18.3 Å². The molecule has 1 amide bonds. The predicted molar refractivity (Wildman–Crippen MR) is 108 cm³/mol. The Hall–Kier alpha value is -3.36. The third kappa shape index (κ3) is 3.30. The average Bonchev–Trinajstić information content (AvgIpc) is 3.34. The summed E-state index contributed by atoms with van der Waals surface area (Å²) < 4.78 is 3.91. The van der Waals surface area contributed by atoms with Crippen molar-refractivity contribution in [2.45, 2.75) is 32.4 Å². The van der Waals surface area contributed by atoms with Crippen LogP contribution in [0.3, 0.4) is 0 Å². The minimum Gasteiger partial charge on any atom is -0.383 e. The van der Waals surface area contributed by atoms with Crippen molar-refractivity contribution in [2.24, 2.45) is 0 Å². The topological polar surface area (TPSA) is 107 Å². The predicted octanol–water partition coefficient (Wildman–Crippen LogP) is 2.32. The van der Waals surface area contributed by atoms with Gasteiger partial charge in [0.25, 0.3) is 0 Å². The molecule has 4 rings (SSSR count). The van der Waals surface area contributed by atoms with E-state index in [1.165, 1.54) is 6.08 Å². The van der Waals surface area contributed by atoms with Crippen molar-refractivity contribution in [1.82, 2.24) is 29.2 Å². The van der Waals surface area contributed by atoms with Gasteiger partial charge in [-0.25, -0.2) is 0 Å². The monoisotopic (exact) mass is 380 g/mol. The molecule has 28 heavy (non-hydrogen) atoms. The van der Waals surface area contributed by atoms with E-state index in [1.807, 2.05) is 35.0 Å². The number of aryl methyl sites for hydroxylation is 1. The van der Waals surface area contributed by atoms with Gasteiger partial charge in [-0.15, -0.1) is 0 Å². The Kier molecular flexibility index (Phi) is 4.72. The van der Waals surface area contributed by atoms with Gasteiger partial charge < -0.3 is 20.5 Å². The molecule has 1 fully saturated rings. The third-order valence-corrected chi connectivity index (χ3v) is 5.09. The van der Waals surface area contributed by atoms with Gasteiger partial charge in [0.15, 0.2) is 0 Å². The average molecular weight is 380 g/mol. The Balaban J connectivity index is 1.65. The molecule has 4 heterocycles. The SMILES string of the molecule is C=CC(=O)N1CCC[C@@H](n2ccc3c(N)nc(Nc4cnn(CC)c4)nc32)C1. The number of anilines is 3. The van der Waals surface area contributed by atoms with Crippen molar-refractivity contribution in [1.29, 1.82) is 0 Å². The largest absolute Gasteiger partial charge is 0.383 e. The highest BCUT2D eigenvalue weighted by Gasteiger charge is 2.25. The van der Waals surface area contributed by atoms with E-state index >= 15 is 0 Å². The number of carbonyl (C=O) groups is 1. The molecule has 0 saturated carbocycles. The second-order valence-electron chi connectivity index (χ2n) is 6.89. The number of amides is 1. The molecule has 0 aromatic carbocycles. The molecule has 3 aromatic rings. The number of hydrogen-bond acceptors (Lipinski definition) is 6. The quantitative estimate of drug-likeness (QED) is 0.658. The van der Waals surface area contributed by atoms with E-state index in [-0.39, 0.29) is 11.9 Å². The van der Waals surface area contributed by atoms with Gasteiger partial charge in [-0.2, -0.15) is 15.1 Å². The first-order valence-electron chi connectivity index (χ1n) is 9.44. The number of carbonyl (C=O) groups excluding carboxylic acids is 1. The second-order valence-corrected chi connectivity index (χ2v) is 6.89. The van der Waals surface area contributed by atoms with E-state index in [4.69, 9.17) is 10.7 Å². The molecule has 0 aliphatic carbocycles. The maximum absolute atomic E-state index is 12.0. The summed E-state index contributed by atoms with van der Waals surface area (Å²) >= 11 is 0. The van der Waals surface area contributed by atoms with Crippen molar-refractivity contribution >= 4 is 34.4 Å². The van der Waals surface area contributed by atoms with Gasteiger partial charge in [-0.05, 0) is 31.9 Å². The number of nitrogens with one attached hydrogen (secondary N) is 1. The Morgan fingerprint density at radius 1 is 1.46 bits per heavy atom. The van der Waals surface area contributed by atoms with Gasteiger partial charge in [0.2, 0.25) is 11.9 Å². The van der Waals surface area contributed by atoms with Crippen LogP contribution in [0.25, 0.3) is 11.0 Å². The van der Waals surface area contributed by atoms with Crippen LogP contribution < -0.4 is 11.1 Å². The smallest absolute Gasteiger partial charge is 0.246 e. The molecule has 1 aliphatic rings. The maximum atomic E-state index is 12.0. The lowest BCUT2D eigenvalue weighted by molar-refractivity contribution is -0.127. The minimum absolute atomic E-state index is 0.0365. The summed E-state index contributed by atoms with van der Waals surface area (Å²) in [4.78, 5) is 22.9. The lowest BCUT2D eigenvalue weighted by atomic mass is 10.1. The molecule has 146 valence electrons. The maximum Gasteiger partial charge on any atom is 0.246 e. The highest BCUT2D eigenvalue weighted by atomic mass is 16.2. The van der Waals surface area contributed by atoms with Crippen molar-refractivity contribution in [3.8, 4) is 0 Å². The molecule has 3 N–H and O–H groups in total. The van der Waals surface area contributed by atoms with Crippen molar-refractivity contribution in [3.05, 3.63) is 37.3 Å². The number of nitrogens with two attached hydrogens (primary N) is 1. The van der Waals surface area contributed by atoms with E-state index < -0.39 is 0 Å². The summed E-state index contributed by atoms with van der Waals surface area (Å²) in [6.45, 7) is 7.79. The van der Waals surface area contributed by atoms with Crippen molar-refractivity contribution in [3.63, 3.8) is 0 Å². The standard InChI is InChI=1S/C19H24N8O/c1-3-16(28)25-8-5-6-14(12-25)27-9-7-15-17(20)23-19(24-18(15)27)22-13-10-21-26(4-2)11-13/h3,7,9-11,14H,1,4-6,8,12H2,2H3,(H3,20,22,23,24)/t14-/m1/s1. The van der Waals surface area contributed by atoms with Crippen molar-refractivity contribution < 1.29 is 4.79 Å². The fourth-order valence-corrected chi connectivity index (χ4v) is 3.65. The van der Waals surface area contributed by atoms with Gasteiger partial charge in [-0.1, -0.05) is 6.58 Å². The summed E-state index contributed by atoms with van der Waals surface area (Å²) in [7, 11) is 0. The fourth-order valence-electron chi connectivity index (χ4n) is 3.65. The van der Waals surface area contributed by atoms with Crippen LogP contribution >= 0.6 is 0 Å². The highest BCUT2D eigenvalue weighted by Crippen LogP contribution is 2.29. The number of nitrogen functional groups attached to an aromatic ring is 1. The highest BCUT2D eigenvalue weighted by molar-refractivity contribution is 5.88. The van der Waals surface area contributed by atoms with E-state index in [0.717, 1.165) is 42.7 Å². The molecule has 1 aliphatic heterocycles. The van der Waals surface area contributed by atoms with Crippen LogP contribution in [-0.2, 0) is 11.3 Å². The molecule has 0 bridgehead atoms. The van der Waals surface area contributed by atoms with Gasteiger partial charge in [-0.3, -0.25) is 9.48 Å². The second kappa shape index (κ2) is 7.34. The fraction of sp³-hybridized carbons (Fsp3) is 0.368. The van der Waals surface area contributed by atoms with Crippen LogP contribution in [-0.4, -0.2) is 48.2 Å². The van der Waals surface area contributed by atoms with Gasteiger partial charge in [0, 0.05) is 32.0 Å². The number of rotatable bonds is 5. The van der Waals surface area contributed by atoms with Crippen LogP contribution in [0.1, 0.15) is 25.8 Å². The minimum atomic E-state index is -0.0365. The summed E-state index contributed by atoms with van der Waals surface area (Å²) in [5.41, 5.74) is 7.74. The van der Waals surface area contributed by atoms with Crippen LogP contribution in [0.5, 0.6) is 0 Å². The van der Waals surface area contributed by atoms with Crippen molar-refractivity contribution in [2.75, 3.05) is 24.1 Å². The molecule has 1 atom stereocenters. The first-order valence-corrected chi connectivity index (χ1v) is 9.44. The number of aromatic nitrogens is 5. The third-order valence-electron chi connectivity index (χ3n) is 5.09. The van der Waals surface area contributed by atoms with E-state index in [1.54, 1.807) is 6.20 Å². The van der Waals surface area contributed by atoms with Crippen LogP contribution in [0, 0.1) is 0 Å². The summed E-state index contributed by atoms with van der Waals surface area (Å²) in [6, 6.07) is 2.07. The zero-order valence-electron chi connectivity index (χ0n) is 15.9. The first kappa shape index (κ1) is 18.0. The molecule has 0 unspecified atom stereocenters. The first-order chi connectivity index (χ1) is 13.6. The zero-order chi connectivity index (χ0) is 19.7. The summed E-state index contributed by atoms with van der Waals surface area (Å²) in [5, 5.41) is 8.22. The number of fused-ring (bicyclic) bond motifs is 1. The number of nitrogens with zero attached hydrogens (tertiary/aromatic N) is 6. The molecular weight excluding hydrogens is 356 g/mol. The van der Waals surface area contributed by atoms with Crippen LogP contribution in [0.4, 0.5) is 17.5 Å². The van der Waals surface area contributed by atoms with Gasteiger partial charge in [0.1, 0.15) is 11.5 Å². The summed E-state index contributed by atoms with van der Waals surface area (Å²) in [5.74, 6) is 0.810. The Labute approximate surface area is 162 Å². The number of likely N-dealkylation sites (tertiary alicyclic amines) is 1. The van der Waals surface area contributed by atoms with E-state index in [2.05, 4.69) is 26.5 Å². The summed E-state index contributed by atoms with van der Waals surface area (Å²) in [6.07, 6.45) is 8.87. The lowest BCUT2D eigenvalue weighted by Gasteiger charge is -2.33. The normalized spacial score (nSPS) is 17.0. The zero-order valence-corrected chi connectivity index (χ0v) is 15.9. The molecule has 0 spiro atoms. The van der Waals surface area contributed by atoms with Crippen LogP contribution in [0.2, 0.25) is 0 Å². The molecule has 9 nitrogen and oxygen atoms in total. The number of hydrogen-bond donors (Lipinski definition) is 2. The Morgan fingerprint density at radius 3 is 3.07 bits per heavy atom. The van der Waals surface area contributed by atoms with Gasteiger partial charge in [0.05, 0.1) is 23.3 Å². The Bertz CT molecular complexity index is 1020.